The number of alkyl halides is 1. The number of hydrogen-bond donors (Lipinski definition) is 0. The van der Waals surface area contributed by atoms with Gasteiger partial charge in [0.15, 0.2) is 0 Å². The summed E-state index contributed by atoms with van der Waals surface area (Å²) in [5.41, 5.74) is 0. The number of ether oxygens (including phenoxy) is 1. The van der Waals surface area contributed by atoms with Crippen molar-refractivity contribution in [2.45, 2.75) is 26.6 Å². The average Bonchev–Trinajstić information content (AvgIpc) is 2.41. The van der Waals surface area contributed by atoms with Crippen LogP contribution in [0.2, 0.25) is 0 Å². The van der Waals surface area contributed by atoms with Gasteiger partial charge in [0, 0.05) is 12.3 Å². The van der Waals surface area contributed by atoms with Crippen LogP contribution in [0.5, 0.6) is 0 Å². The minimum atomic E-state index is -2.31. The van der Waals surface area contributed by atoms with Crippen molar-refractivity contribution in [3.8, 4) is 0 Å². The standard InChI is InChI=1S/C9H12FNO4/c1-3-15-9(14)7(10)11-6(12)4-5(2)8(11)13/h5,7H,3-4H2,1-2H3. The highest BCUT2D eigenvalue weighted by atomic mass is 19.1. The van der Waals surface area contributed by atoms with Crippen LogP contribution in [0.15, 0.2) is 0 Å². The molecule has 1 rings (SSSR count). The van der Waals surface area contributed by atoms with Gasteiger partial charge in [-0.25, -0.2) is 14.1 Å². The molecule has 2 atom stereocenters. The molecule has 1 aliphatic rings. The fraction of sp³-hybridized carbons (Fsp3) is 0.667. The number of imide groups is 1. The van der Waals surface area contributed by atoms with Gasteiger partial charge in [0.2, 0.25) is 11.8 Å². The van der Waals surface area contributed by atoms with Crippen molar-refractivity contribution in [2.24, 2.45) is 5.92 Å². The fourth-order valence-corrected chi connectivity index (χ4v) is 1.36. The van der Waals surface area contributed by atoms with Crippen LogP contribution in [0.3, 0.4) is 0 Å². The lowest BCUT2D eigenvalue weighted by Gasteiger charge is -2.17. The molecule has 0 aromatic heterocycles. The van der Waals surface area contributed by atoms with Gasteiger partial charge in [-0.2, -0.15) is 0 Å². The molecule has 1 heterocycles. The summed E-state index contributed by atoms with van der Waals surface area (Å²) in [6, 6.07) is 0. The Balaban J connectivity index is 2.75. The highest BCUT2D eigenvalue weighted by molar-refractivity contribution is 6.05. The zero-order chi connectivity index (χ0) is 11.6. The summed E-state index contributed by atoms with van der Waals surface area (Å²) in [6.45, 7) is 3.03. The lowest BCUT2D eigenvalue weighted by molar-refractivity contribution is -0.165. The van der Waals surface area contributed by atoms with Crippen molar-refractivity contribution in [3.05, 3.63) is 0 Å². The zero-order valence-electron chi connectivity index (χ0n) is 8.53. The third-order valence-electron chi connectivity index (χ3n) is 2.12. The number of amides is 2. The Hall–Kier alpha value is -1.46. The third kappa shape index (κ3) is 2.14. The summed E-state index contributed by atoms with van der Waals surface area (Å²) >= 11 is 0. The molecule has 5 nitrogen and oxygen atoms in total. The van der Waals surface area contributed by atoms with Crippen LogP contribution in [0.25, 0.3) is 0 Å². The Morgan fingerprint density at radius 2 is 2.27 bits per heavy atom. The van der Waals surface area contributed by atoms with Gasteiger partial charge in [0.1, 0.15) is 0 Å². The smallest absolute Gasteiger partial charge is 0.362 e. The van der Waals surface area contributed by atoms with E-state index < -0.39 is 30.0 Å². The van der Waals surface area contributed by atoms with Gasteiger partial charge in [-0.3, -0.25) is 9.59 Å². The minimum absolute atomic E-state index is 0.00499. The van der Waals surface area contributed by atoms with Gasteiger partial charge in [0.05, 0.1) is 6.61 Å². The Morgan fingerprint density at radius 3 is 2.67 bits per heavy atom. The number of hydrogen-bond acceptors (Lipinski definition) is 4. The maximum atomic E-state index is 13.4. The Kier molecular flexibility index (Phi) is 3.39. The van der Waals surface area contributed by atoms with Crippen LogP contribution in [0, 0.1) is 5.92 Å². The van der Waals surface area contributed by atoms with E-state index >= 15 is 0 Å². The van der Waals surface area contributed by atoms with Crippen LogP contribution < -0.4 is 0 Å². The lowest BCUT2D eigenvalue weighted by atomic mass is 10.1. The van der Waals surface area contributed by atoms with Gasteiger partial charge in [0.25, 0.3) is 6.30 Å². The minimum Gasteiger partial charge on any atom is -0.462 e. The summed E-state index contributed by atoms with van der Waals surface area (Å²) in [6.07, 6.45) is -2.37. The number of likely N-dealkylation sites (tertiary alicyclic amines) is 1. The number of carbonyl (C=O) groups excluding carboxylic acids is 3. The van der Waals surface area contributed by atoms with E-state index in [9.17, 15) is 18.8 Å². The van der Waals surface area contributed by atoms with E-state index in [4.69, 9.17) is 0 Å². The second-order valence-electron chi connectivity index (χ2n) is 3.29. The molecule has 0 aromatic carbocycles. The number of halogens is 1. The Labute approximate surface area is 86.2 Å². The molecule has 0 bridgehead atoms. The van der Waals surface area contributed by atoms with Crippen molar-refractivity contribution < 1.29 is 23.5 Å². The van der Waals surface area contributed by atoms with Crippen LogP contribution in [-0.4, -0.2) is 35.6 Å². The molecule has 0 saturated carbocycles. The van der Waals surface area contributed by atoms with E-state index in [0.717, 1.165) is 0 Å². The van der Waals surface area contributed by atoms with Crippen molar-refractivity contribution in [3.63, 3.8) is 0 Å². The summed E-state index contributed by atoms with van der Waals surface area (Å²) in [5, 5.41) is 0. The predicted octanol–water partition coefficient (Wildman–Crippen LogP) is 0.240. The summed E-state index contributed by atoms with van der Waals surface area (Å²) < 4.78 is 17.8. The molecule has 0 aliphatic carbocycles. The quantitative estimate of drug-likeness (QED) is 0.386. The first kappa shape index (κ1) is 11.6. The molecule has 0 N–H and O–H groups in total. The monoisotopic (exact) mass is 217 g/mol. The highest BCUT2D eigenvalue weighted by Crippen LogP contribution is 2.22. The van der Waals surface area contributed by atoms with E-state index in [0.29, 0.717) is 4.90 Å². The van der Waals surface area contributed by atoms with Crippen molar-refractivity contribution in [1.29, 1.82) is 0 Å². The second kappa shape index (κ2) is 4.37. The molecule has 0 aromatic rings. The SMILES string of the molecule is CCOC(=O)C(F)N1C(=O)CC(C)C1=O. The van der Waals surface area contributed by atoms with Gasteiger partial charge in [-0.1, -0.05) is 6.92 Å². The van der Waals surface area contributed by atoms with Crippen molar-refractivity contribution >= 4 is 17.8 Å². The third-order valence-corrected chi connectivity index (χ3v) is 2.12. The average molecular weight is 217 g/mol. The van der Waals surface area contributed by atoms with E-state index in [1.807, 2.05) is 0 Å². The molecule has 2 amide bonds. The van der Waals surface area contributed by atoms with Gasteiger partial charge < -0.3 is 4.74 Å². The van der Waals surface area contributed by atoms with Crippen LogP contribution in [0.4, 0.5) is 4.39 Å². The Bertz CT molecular complexity index is 304. The molecule has 6 heteroatoms. The maximum Gasteiger partial charge on any atom is 0.362 e. The van der Waals surface area contributed by atoms with E-state index in [2.05, 4.69) is 4.74 Å². The zero-order valence-corrected chi connectivity index (χ0v) is 8.53. The number of carbonyl (C=O) groups is 3. The molecule has 2 unspecified atom stereocenters. The topological polar surface area (TPSA) is 63.7 Å². The second-order valence-corrected chi connectivity index (χ2v) is 3.29. The first-order valence-electron chi connectivity index (χ1n) is 4.65. The molecule has 1 fully saturated rings. The largest absolute Gasteiger partial charge is 0.462 e. The molecule has 15 heavy (non-hydrogen) atoms. The maximum absolute atomic E-state index is 13.4. The Morgan fingerprint density at radius 1 is 1.67 bits per heavy atom. The first-order chi connectivity index (χ1) is 6.99. The molecule has 0 spiro atoms. The van der Waals surface area contributed by atoms with E-state index in [-0.39, 0.29) is 13.0 Å². The highest BCUT2D eigenvalue weighted by Gasteiger charge is 2.43. The van der Waals surface area contributed by atoms with E-state index in [1.165, 1.54) is 13.8 Å². The number of esters is 1. The molecular weight excluding hydrogens is 205 g/mol. The van der Waals surface area contributed by atoms with Crippen molar-refractivity contribution in [2.75, 3.05) is 6.61 Å². The van der Waals surface area contributed by atoms with Crippen molar-refractivity contribution in [1.82, 2.24) is 4.90 Å². The van der Waals surface area contributed by atoms with Crippen LogP contribution >= 0.6 is 0 Å². The molecule has 1 saturated heterocycles. The van der Waals surface area contributed by atoms with Gasteiger partial charge >= 0.3 is 5.97 Å². The normalized spacial score (nSPS) is 23.1. The van der Waals surface area contributed by atoms with Crippen LogP contribution in [-0.2, 0) is 19.1 Å². The van der Waals surface area contributed by atoms with Gasteiger partial charge in [-0.05, 0) is 6.92 Å². The molecule has 0 radical (unpaired) electrons. The van der Waals surface area contributed by atoms with Gasteiger partial charge in [-0.15, -0.1) is 0 Å². The summed E-state index contributed by atoms with van der Waals surface area (Å²) in [7, 11) is 0. The first-order valence-corrected chi connectivity index (χ1v) is 4.65. The number of rotatable bonds is 3. The summed E-state index contributed by atoms with van der Waals surface area (Å²) in [5.74, 6) is -3.10. The summed E-state index contributed by atoms with van der Waals surface area (Å²) in [4.78, 5) is 33.8. The van der Waals surface area contributed by atoms with E-state index in [1.54, 1.807) is 0 Å². The predicted molar refractivity (Wildman–Crippen MR) is 47.2 cm³/mol. The number of nitrogens with zero attached hydrogens (tertiary/aromatic N) is 1. The molecular formula is C9H12FNO4. The molecule has 1 aliphatic heterocycles. The van der Waals surface area contributed by atoms with Crippen LogP contribution in [0.1, 0.15) is 20.3 Å². The molecule has 84 valence electrons. The lowest BCUT2D eigenvalue weighted by Crippen LogP contribution is -2.43. The fourth-order valence-electron chi connectivity index (χ4n) is 1.36.